The number of amides is 1. The summed E-state index contributed by atoms with van der Waals surface area (Å²) in [5.74, 6) is -0.463. The molecule has 2 aromatic rings. The van der Waals surface area contributed by atoms with E-state index in [1.54, 1.807) is 30.5 Å². The molecular weight excluding hydrogens is 258 g/mol. The minimum Gasteiger partial charge on any atom is -0.395 e. The average molecular weight is 273 g/mol. The van der Waals surface area contributed by atoms with Gasteiger partial charge in [-0.3, -0.25) is 14.0 Å². The van der Waals surface area contributed by atoms with E-state index in [4.69, 9.17) is 5.11 Å². The fourth-order valence-electron chi connectivity index (χ4n) is 1.90. The van der Waals surface area contributed by atoms with Gasteiger partial charge in [0.05, 0.1) is 6.61 Å². The predicted octanol–water partition coefficient (Wildman–Crippen LogP) is 0.315. The molecule has 0 aromatic carbocycles. The summed E-state index contributed by atoms with van der Waals surface area (Å²) in [4.78, 5) is 30.0. The van der Waals surface area contributed by atoms with Crippen LogP contribution in [0.5, 0.6) is 0 Å². The Morgan fingerprint density at radius 1 is 1.50 bits per heavy atom. The van der Waals surface area contributed by atoms with E-state index in [1.165, 1.54) is 15.5 Å². The van der Waals surface area contributed by atoms with E-state index in [-0.39, 0.29) is 25.3 Å². The highest BCUT2D eigenvalue weighted by atomic mass is 16.3. The van der Waals surface area contributed by atoms with Crippen molar-refractivity contribution in [2.45, 2.75) is 0 Å². The first-order valence-electron chi connectivity index (χ1n) is 6.16. The third-order valence-corrected chi connectivity index (χ3v) is 2.85. The Hall–Kier alpha value is -2.47. The van der Waals surface area contributed by atoms with Crippen molar-refractivity contribution in [1.82, 2.24) is 14.3 Å². The van der Waals surface area contributed by atoms with Crippen molar-refractivity contribution in [2.75, 3.05) is 19.7 Å². The molecule has 6 heteroatoms. The van der Waals surface area contributed by atoms with Gasteiger partial charge in [0.1, 0.15) is 11.2 Å². The standard InChI is InChI=1S/C14H15N3O3/c1-2-6-16(8-9-18)13(19)11-10-15-12-5-3-4-7-17(12)14(11)20/h2-5,7,10,18H,1,6,8-9H2. The monoisotopic (exact) mass is 273 g/mol. The summed E-state index contributed by atoms with van der Waals surface area (Å²) in [6.45, 7) is 3.78. The Bertz CT molecular complexity index is 693. The van der Waals surface area contributed by atoms with Gasteiger partial charge in [0, 0.05) is 25.5 Å². The molecule has 1 N–H and O–H groups in total. The molecule has 104 valence electrons. The minimum absolute atomic E-state index is 0.0241. The van der Waals surface area contributed by atoms with E-state index >= 15 is 0 Å². The van der Waals surface area contributed by atoms with Crippen LogP contribution in [0.2, 0.25) is 0 Å². The Balaban J connectivity index is 2.46. The van der Waals surface area contributed by atoms with Gasteiger partial charge in [-0.05, 0) is 12.1 Å². The fourth-order valence-corrected chi connectivity index (χ4v) is 1.90. The first kappa shape index (κ1) is 14.0. The van der Waals surface area contributed by atoms with Crippen LogP contribution in [0, 0.1) is 0 Å². The van der Waals surface area contributed by atoms with Crippen LogP contribution in [0.15, 0.2) is 48.0 Å². The number of carbonyl (C=O) groups excluding carboxylic acids is 1. The molecule has 1 amide bonds. The quantitative estimate of drug-likeness (QED) is 0.796. The van der Waals surface area contributed by atoms with Gasteiger partial charge in [0.15, 0.2) is 0 Å². The molecule has 0 spiro atoms. The van der Waals surface area contributed by atoms with Gasteiger partial charge in [-0.2, -0.15) is 0 Å². The molecule has 2 heterocycles. The van der Waals surface area contributed by atoms with Crippen molar-refractivity contribution < 1.29 is 9.90 Å². The summed E-state index contributed by atoms with van der Waals surface area (Å²) < 4.78 is 1.32. The maximum Gasteiger partial charge on any atom is 0.270 e. The normalized spacial score (nSPS) is 10.4. The second-order valence-electron chi connectivity index (χ2n) is 4.17. The number of aromatic nitrogens is 2. The highest BCUT2D eigenvalue weighted by molar-refractivity contribution is 5.93. The lowest BCUT2D eigenvalue weighted by Crippen LogP contribution is -2.37. The second-order valence-corrected chi connectivity index (χ2v) is 4.17. The first-order valence-corrected chi connectivity index (χ1v) is 6.16. The zero-order valence-electron chi connectivity index (χ0n) is 10.9. The maximum atomic E-state index is 12.3. The fraction of sp³-hybridized carbons (Fsp3) is 0.214. The Labute approximate surface area is 115 Å². The molecule has 0 saturated heterocycles. The number of hydrogen-bond acceptors (Lipinski definition) is 4. The lowest BCUT2D eigenvalue weighted by atomic mass is 10.2. The maximum absolute atomic E-state index is 12.3. The van der Waals surface area contributed by atoms with E-state index in [9.17, 15) is 9.59 Å². The Morgan fingerprint density at radius 3 is 3.00 bits per heavy atom. The van der Waals surface area contributed by atoms with Crippen molar-refractivity contribution in [3.8, 4) is 0 Å². The van der Waals surface area contributed by atoms with Gasteiger partial charge in [-0.15, -0.1) is 6.58 Å². The SMILES string of the molecule is C=CCN(CCO)C(=O)c1cnc2ccccn2c1=O. The predicted molar refractivity (Wildman–Crippen MR) is 74.6 cm³/mol. The van der Waals surface area contributed by atoms with Gasteiger partial charge in [-0.25, -0.2) is 4.98 Å². The molecule has 6 nitrogen and oxygen atoms in total. The van der Waals surface area contributed by atoms with E-state index in [2.05, 4.69) is 11.6 Å². The number of aliphatic hydroxyl groups excluding tert-OH is 1. The van der Waals surface area contributed by atoms with Crippen LogP contribution in [0.25, 0.3) is 5.65 Å². The largest absolute Gasteiger partial charge is 0.395 e. The van der Waals surface area contributed by atoms with Crippen molar-refractivity contribution in [3.05, 3.63) is 59.2 Å². The molecule has 0 saturated carbocycles. The van der Waals surface area contributed by atoms with Crippen LogP contribution in [0.4, 0.5) is 0 Å². The van der Waals surface area contributed by atoms with Gasteiger partial charge in [-0.1, -0.05) is 12.1 Å². The van der Waals surface area contributed by atoms with Crippen LogP contribution in [0.1, 0.15) is 10.4 Å². The highest BCUT2D eigenvalue weighted by Gasteiger charge is 2.18. The van der Waals surface area contributed by atoms with Crippen molar-refractivity contribution in [1.29, 1.82) is 0 Å². The number of rotatable bonds is 5. The minimum atomic E-state index is -0.463. The van der Waals surface area contributed by atoms with E-state index < -0.39 is 11.5 Å². The third kappa shape index (κ3) is 2.60. The molecule has 2 rings (SSSR count). The molecular formula is C14H15N3O3. The lowest BCUT2D eigenvalue weighted by Gasteiger charge is -2.19. The van der Waals surface area contributed by atoms with Gasteiger partial charge in [0.2, 0.25) is 0 Å². The molecule has 0 atom stereocenters. The number of carbonyl (C=O) groups is 1. The number of aliphatic hydroxyl groups is 1. The molecule has 0 radical (unpaired) electrons. The first-order chi connectivity index (χ1) is 9.69. The topological polar surface area (TPSA) is 74.9 Å². The van der Waals surface area contributed by atoms with Crippen molar-refractivity contribution in [2.24, 2.45) is 0 Å². The second kappa shape index (κ2) is 6.12. The van der Waals surface area contributed by atoms with Crippen LogP contribution in [-0.4, -0.2) is 45.0 Å². The van der Waals surface area contributed by atoms with Crippen LogP contribution in [0.3, 0.4) is 0 Å². The number of fused-ring (bicyclic) bond motifs is 1. The number of pyridine rings is 1. The van der Waals surface area contributed by atoms with Crippen LogP contribution >= 0.6 is 0 Å². The van der Waals surface area contributed by atoms with E-state index in [0.29, 0.717) is 5.65 Å². The number of hydrogen-bond donors (Lipinski definition) is 1. The molecule has 0 aliphatic carbocycles. The average Bonchev–Trinajstić information content (AvgIpc) is 2.47. The Morgan fingerprint density at radius 2 is 2.30 bits per heavy atom. The molecule has 0 aliphatic rings. The summed E-state index contributed by atoms with van der Waals surface area (Å²) in [6.07, 6.45) is 4.37. The van der Waals surface area contributed by atoms with Gasteiger partial charge in [0.25, 0.3) is 11.5 Å². The zero-order valence-corrected chi connectivity index (χ0v) is 10.9. The smallest absolute Gasteiger partial charge is 0.270 e. The summed E-state index contributed by atoms with van der Waals surface area (Å²) in [6, 6.07) is 5.14. The third-order valence-electron chi connectivity index (χ3n) is 2.85. The lowest BCUT2D eigenvalue weighted by molar-refractivity contribution is 0.0740. The summed E-state index contributed by atoms with van der Waals surface area (Å²) >= 11 is 0. The van der Waals surface area contributed by atoms with E-state index in [1.807, 2.05) is 0 Å². The summed E-state index contributed by atoms with van der Waals surface area (Å²) in [5, 5.41) is 8.97. The Kier molecular flexibility index (Phi) is 4.27. The molecule has 2 aromatic heterocycles. The zero-order chi connectivity index (χ0) is 14.5. The van der Waals surface area contributed by atoms with Crippen LogP contribution < -0.4 is 5.56 Å². The summed E-state index contributed by atoms with van der Waals surface area (Å²) in [5.41, 5.74) is 0.0306. The van der Waals surface area contributed by atoms with Gasteiger partial charge >= 0.3 is 0 Å². The van der Waals surface area contributed by atoms with E-state index in [0.717, 1.165) is 0 Å². The van der Waals surface area contributed by atoms with Crippen molar-refractivity contribution >= 4 is 11.6 Å². The molecule has 0 bridgehead atoms. The molecule has 20 heavy (non-hydrogen) atoms. The molecule has 0 fully saturated rings. The van der Waals surface area contributed by atoms with Crippen molar-refractivity contribution in [3.63, 3.8) is 0 Å². The molecule has 0 aliphatic heterocycles. The highest BCUT2D eigenvalue weighted by Crippen LogP contribution is 2.02. The van der Waals surface area contributed by atoms with Gasteiger partial charge < -0.3 is 10.0 Å². The number of nitrogens with zero attached hydrogens (tertiary/aromatic N) is 3. The van der Waals surface area contributed by atoms with Crippen LogP contribution in [-0.2, 0) is 0 Å². The molecule has 0 unspecified atom stereocenters. The summed E-state index contributed by atoms with van der Waals surface area (Å²) in [7, 11) is 0.